The first-order valence-corrected chi connectivity index (χ1v) is 5.94. The molecule has 2 aromatic rings. The van der Waals surface area contributed by atoms with Gasteiger partial charge in [0.1, 0.15) is 5.82 Å². The summed E-state index contributed by atoms with van der Waals surface area (Å²) in [5.74, 6) is -0.263. The quantitative estimate of drug-likeness (QED) is 0.814. The number of rotatable bonds is 2. The number of aryl methyl sites for hydroxylation is 1. The first kappa shape index (κ1) is 11.9. The summed E-state index contributed by atoms with van der Waals surface area (Å²) in [4.78, 5) is 0. The second-order valence-electron chi connectivity index (χ2n) is 3.83. The lowest BCUT2D eigenvalue weighted by atomic mass is 10.2. The summed E-state index contributed by atoms with van der Waals surface area (Å²) in [5.41, 5.74) is 8.96. The molecule has 2 rings (SSSR count). The Balaban J connectivity index is 2.33. The van der Waals surface area contributed by atoms with Crippen molar-refractivity contribution >= 4 is 33.0 Å². The largest absolute Gasteiger partial charge is 0.399 e. The molecular weight excluding hydrogens is 283 g/mol. The summed E-state index contributed by atoms with van der Waals surface area (Å²) in [5, 5.41) is 3.20. The molecule has 0 spiro atoms. The molecule has 0 aliphatic carbocycles. The highest BCUT2D eigenvalue weighted by Gasteiger charge is 2.05. The fourth-order valence-corrected chi connectivity index (χ4v) is 1.90. The standard InChI is InChI=1S/C13H12BrFN2/c1-8-5-12(15)11(14)7-13(8)17-10-4-2-3-9(16)6-10/h2-7,17H,16H2,1H3. The number of halogens is 2. The van der Waals surface area contributed by atoms with E-state index in [2.05, 4.69) is 21.2 Å². The van der Waals surface area contributed by atoms with E-state index >= 15 is 0 Å². The Morgan fingerprint density at radius 3 is 2.71 bits per heavy atom. The van der Waals surface area contributed by atoms with Gasteiger partial charge in [-0.05, 0) is 58.7 Å². The van der Waals surface area contributed by atoms with Crippen molar-refractivity contribution in [3.05, 3.63) is 52.3 Å². The van der Waals surface area contributed by atoms with Crippen LogP contribution >= 0.6 is 15.9 Å². The lowest BCUT2D eigenvalue weighted by Gasteiger charge is -2.11. The van der Waals surface area contributed by atoms with Crippen LogP contribution in [0.1, 0.15) is 5.56 Å². The zero-order valence-corrected chi connectivity index (χ0v) is 10.9. The zero-order chi connectivity index (χ0) is 12.4. The van der Waals surface area contributed by atoms with Gasteiger partial charge < -0.3 is 11.1 Å². The number of anilines is 3. The molecule has 17 heavy (non-hydrogen) atoms. The third-order valence-corrected chi connectivity index (χ3v) is 3.04. The summed E-state index contributed by atoms with van der Waals surface area (Å²) < 4.78 is 13.7. The first-order chi connectivity index (χ1) is 8.06. The molecule has 0 atom stereocenters. The molecule has 0 aliphatic rings. The first-order valence-electron chi connectivity index (χ1n) is 5.14. The Morgan fingerprint density at radius 1 is 1.24 bits per heavy atom. The third kappa shape index (κ3) is 2.77. The van der Waals surface area contributed by atoms with Gasteiger partial charge in [0.05, 0.1) is 4.47 Å². The van der Waals surface area contributed by atoms with Crippen molar-refractivity contribution in [1.82, 2.24) is 0 Å². The molecule has 0 amide bonds. The second kappa shape index (κ2) is 4.75. The maximum Gasteiger partial charge on any atom is 0.137 e. The lowest BCUT2D eigenvalue weighted by Crippen LogP contribution is -1.95. The molecule has 0 unspecified atom stereocenters. The molecule has 4 heteroatoms. The van der Waals surface area contributed by atoms with Crippen molar-refractivity contribution in [1.29, 1.82) is 0 Å². The summed E-state index contributed by atoms with van der Waals surface area (Å²) in [6, 6.07) is 10.6. The maximum absolute atomic E-state index is 13.3. The van der Waals surface area contributed by atoms with Gasteiger partial charge in [0.2, 0.25) is 0 Å². The Bertz CT molecular complexity index is 555. The van der Waals surface area contributed by atoms with Gasteiger partial charge in [-0.3, -0.25) is 0 Å². The van der Waals surface area contributed by atoms with Gasteiger partial charge >= 0.3 is 0 Å². The lowest BCUT2D eigenvalue weighted by molar-refractivity contribution is 0.620. The maximum atomic E-state index is 13.3. The molecule has 2 aromatic carbocycles. The normalized spacial score (nSPS) is 10.3. The van der Waals surface area contributed by atoms with Gasteiger partial charge in [0, 0.05) is 17.1 Å². The molecule has 2 nitrogen and oxygen atoms in total. The molecular formula is C13H12BrFN2. The Hall–Kier alpha value is -1.55. The van der Waals surface area contributed by atoms with E-state index in [0.717, 1.165) is 16.9 Å². The van der Waals surface area contributed by atoms with Crippen LogP contribution in [0.25, 0.3) is 0 Å². The fraction of sp³-hybridized carbons (Fsp3) is 0.0769. The van der Waals surface area contributed by atoms with Crippen LogP contribution in [0.4, 0.5) is 21.5 Å². The number of benzene rings is 2. The van der Waals surface area contributed by atoms with E-state index in [-0.39, 0.29) is 5.82 Å². The Morgan fingerprint density at radius 2 is 2.00 bits per heavy atom. The Labute approximate surface area is 108 Å². The molecule has 3 N–H and O–H groups in total. The average Bonchev–Trinajstić information content (AvgIpc) is 2.26. The number of hydrogen-bond donors (Lipinski definition) is 2. The van der Waals surface area contributed by atoms with E-state index in [0.29, 0.717) is 10.2 Å². The number of nitrogens with one attached hydrogen (secondary N) is 1. The van der Waals surface area contributed by atoms with Crippen LogP contribution in [0.3, 0.4) is 0 Å². The van der Waals surface area contributed by atoms with Gasteiger partial charge in [-0.1, -0.05) is 6.07 Å². The van der Waals surface area contributed by atoms with E-state index in [9.17, 15) is 4.39 Å². The fourth-order valence-electron chi connectivity index (χ4n) is 1.55. The summed E-state index contributed by atoms with van der Waals surface area (Å²) in [6.45, 7) is 1.85. The smallest absolute Gasteiger partial charge is 0.137 e. The highest BCUT2D eigenvalue weighted by molar-refractivity contribution is 9.10. The summed E-state index contributed by atoms with van der Waals surface area (Å²) in [6.07, 6.45) is 0. The van der Waals surface area contributed by atoms with Crippen LogP contribution in [0.2, 0.25) is 0 Å². The SMILES string of the molecule is Cc1cc(F)c(Br)cc1Nc1cccc(N)c1. The van der Waals surface area contributed by atoms with Crippen molar-refractivity contribution in [2.45, 2.75) is 6.92 Å². The molecule has 88 valence electrons. The van der Waals surface area contributed by atoms with Crippen molar-refractivity contribution in [2.24, 2.45) is 0 Å². The number of nitrogen functional groups attached to an aromatic ring is 1. The van der Waals surface area contributed by atoms with Gasteiger partial charge in [0.25, 0.3) is 0 Å². The molecule has 0 fully saturated rings. The van der Waals surface area contributed by atoms with Crippen molar-refractivity contribution in [3.63, 3.8) is 0 Å². The third-order valence-electron chi connectivity index (χ3n) is 2.43. The van der Waals surface area contributed by atoms with Gasteiger partial charge in [0.15, 0.2) is 0 Å². The minimum Gasteiger partial charge on any atom is -0.399 e. The molecule has 0 bridgehead atoms. The molecule has 0 saturated heterocycles. The van der Waals surface area contributed by atoms with E-state index in [1.165, 1.54) is 6.07 Å². The van der Waals surface area contributed by atoms with Crippen molar-refractivity contribution in [2.75, 3.05) is 11.1 Å². The summed E-state index contributed by atoms with van der Waals surface area (Å²) in [7, 11) is 0. The van der Waals surface area contributed by atoms with Crippen LogP contribution in [0.5, 0.6) is 0 Å². The molecule has 0 saturated carbocycles. The second-order valence-corrected chi connectivity index (χ2v) is 4.69. The van der Waals surface area contributed by atoms with Crippen LogP contribution < -0.4 is 11.1 Å². The van der Waals surface area contributed by atoms with Crippen LogP contribution in [0.15, 0.2) is 40.9 Å². The zero-order valence-electron chi connectivity index (χ0n) is 9.30. The topological polar surface area (TPSA) is 38.0 Å². The van der Waals surface area contributed by atoms with E-state index in [1.807, 2.05) is 31.2 Å². The molecule has 0 aromatic heterocycles. The van der Waals surface area contributed by atoms with E-state index < -0.39 is 0 Å². The Kier molecular flexibility index (Phi) is 3.33. The van der Waals surface area contributed by atoms with Crippen molar-refractivity contribution < 1.29 is 4.39 Å². The molecule has 0 radical (unpaired) electrons. The van der Waals surface area contributed by atoms with Crippen LogP contribution in [0, 0.1) is 12.7 Å². The van der Waals surface area contributed by atoms with Gasteiger partial charge in [-0.15, -0.1) is 0 Å². The average molecular weight is 295 g/mol. The predicted octanol–water partition coefficient (Wildman–Crippen LogP) is 4.22. The minimum atomic E-state index is -0.263. The van der Waals surface area contributed by atoms with E-state index in [1.54, 1.807) is 6.07 Å². The monoisotopic (exact) mass is 294 g/mol. The molecule has 0 heterocycles. The van der Waals surface area contributed by atoms with Crippen LogP contribution in [-0.4, -0.2) is 0 Å². The highest BCUT2D eigenvalue weighted by Crippen LogP contribution is 2.27. The molecule has 0 aliphatic heterocycles. The van der Waals surface area contributed by atoms with Gasteiger partial charge in [-0.2, -0.15) is 0 Å². The highest BCUT2D eigenvalue weighted by atomic mass is 79.9. The number of nitrogens with two attached hydrogens (primary N) is 1. The number of hydrogen-bond acceptors (Lipinski definition) is 2. The minimum absolute atomic E-state index is 0.263. The predicted molar refractivity (Wildman–Crippen MR) is 73.0 cm³/mol. The van der Waals surface area contributed by atoms with Gasteiger partial charge in [-0.25, -0.2) is 4.39 Å². The van der Waals surface area contributed by atoms with Crippen molar-refractivity contribution in [3.8, 4) is 0 Å². The summed E-state index contributed by atoms with van der Waals surface area (Å²) >= 11 is 3.17. The van der Waals surface area contributed by atoms with Crippen LogP contribution in [-0.2, 0) is 0 Å². The van der Waals surface area contributed by atoms with E-state index in [4.69, 9.17) is 5.73 Å².